The normalized spacial score (nSPS) is 13.8. The Morgan fingerprint density at radius 3 is 2.94 bits per heavy atom. The summed E-state index contributed by atoms with van der Waals surface area (Å²) >= 11 is 6.29. The molecule has 0 atom stereocenters. The van der Waals surface area contributed by atoms with E-state index in [-0.39, 0.29) is 0 Å². The summed E-state index contributed by atoms with van der Waals surface area (Å²) in [6.45, 7) is 1.39. The number of fused-ring (bicyclic) bond motifs is 1. The van der Waals surface area contributed by atoms with Crippen molar-refractivity contribution in [2.75, 3.05) is 11.4 Å². The van der Waals surface area contributed by atoms with Gasteiger partial charge in [-0.05, 0) is 29.7 Å². The predicted molar refractivity (Wildman–Crippen MR) is 74.3 cm³/mol. The Bertz CT molecular complexity index is 583. The molecule has 0 saturated heterocycles. The van der Waals surface area contributed by atoms with E-state index in [1.54, 1.807) is 6.20 Å². The minimum atomic E-state index is 0.462. The van der Waals surface area contributed by atoms with Crippen molar-refractivity contribution in [2.45, 2.75) is 13.0 Å². The molecule has 0 bridgehead atoms. The molecule has 0 fully saturated rings. The SMILES string of the molecule is NCc1cnc(N2CCc3ccccc32)c(Cl)c1. The summed E-state index contributed by atoms with van der Waals surface area (Å²) in [7, 11) is 0. The first-order chi connectivity index (χ1) is 8.79. The van der Waals surface area contributed by atoms with Crippen LogP contribution in [0, 0.1) is 0 Å². The number of hydrogen-bond donors (Lipinski definition) is 1. The lowest BCUT2D eigenvalue weighted by Crippen LogP contribution is -2.15. The number of nitrogens with zero attached hydrogens (tertiary/aromatic N) is 2. The molecule has 2 N–H and O–H groups in total. The number of halogens is 1. The van der Waals surface area contributed by atoms with Crippen molar-refractivity contribution in [3.63, 3.8) is 0 Å². The Kier molecular flexibility index (Phi) is 2.94. The van der Waals surface area contributed by atoms with E-state index < -0.39 is 0 Å². The second-order valence-electron chi connectivity index (χ2n) is 4.38. The van der Waals surface area contributed by atoms with E-state index in [2.05, 4.69) is 28.1 Å². The lowest BCUT2D eigenvalue weighted by molar-refractivity contribution is 0.964. The van der Waals surface area contributed by atoms with Gasteiger partial charge in [-0.3, -0.25) is 0 Å². The van der Waals surface area contributed by atoms with Crippen LogP contribution in [-0.2, 0) is 13.0 Å². The van der Waals surface area contributed by atoms with Gasteiger partial charge >= 0.3 is 0 Å². The molecule has 3 rings (SSSR count). The van der Waals surface area contributed by atoms with Crippen molar-refractivity contribution in [1.82, 2.24) is 4.98 Å². The summed E-state index contributed by atoms with van der Waals surface area (Å²) in [5.41, 5.74) is 9.09. The van der Waals surface area contributed by atoms with Gasteiger partial charge in [-0.15, -0.1) is 0 Å². The third-order valence-corrected chi connectivity index (χ3v) is 3.54. The highest BCUT2D eigenvalue weighted by Gasteiger charge is 2.22. The van der Waals surface area contributed by atoms with Crippen molar-refractivity contribution in [2.24, 2.45) is 5.73 Å². The molecule has 1 aromatic carbocycles. The third-order valence-electron chi connectivity index (χ3n) is 3.26. The largest absolute Gasteiger partial charge is 0.326 e. The van der Waals surface area contributed by atoms with Gasteiger partial charge in [-0.1, -0.05) is 29.8 Å². The van der Waals surface area contributed by atoms with Gasteiger partial charge in [-0.25, -0.2) is 4.98 Å². The second-order valence-corrected chi connectivity index (χ2v) is 4.79. The Hall–Kier alpha value is -1.58. The predicted octanol–water partition coefficient (Wildman–Crippen LogP) is 2.89. The van der Waals surface area contributed by atoms with Crippen LogP contribution in [0.2, 0.25) is 5.02 Å². The quantitative estimate of drug-likeness (QED) is 0.902. The molecule has 2 aromatic rings. The topological polar surface area (TPSA) is 42.1 Å². The number of nitrogens with two attached hydrogens (primary N) is 1. The first-order valence-electron chi connectivity index (χ1n) is 5.99. The lowest BCUT2D eigenvalue weighted by Gasteiger charge is -2.19. The molecule has 1 aliphatic rings. The van der Waals surface area contributed by atoms with Gasteiger partial charge < -0.3 is 10.6 Å². The van der Waals surface area contributed by atoms with Crippen molar-refractivity contribution < 1.29 is 0 Å². The van der Waals surface area contributed by atoms with Crippen LogP contribution in [0.5, 0.6) is 0 Å². The molecule has 3 nitrogen and oxygen atoms in total. The minimum Gasteiger partial charge on any atom is -0.326 e. The fourth-order valence-corrected chi connectivity index (χ4v) is 2.63. The maximum Gasteiger partial charge on any atom is 0.151 e. The highest BCUT2D eigenvalue weighted by atomic mass is 35.5. The molecule has 0 aliphatic carbocycles. The van der Waals surface area contributed by atoms with Gasteiger partial charge in [0.25, 0.3) is 0 Å². The van der Waals surface area contributed by atoms with Crippen LogP contribution in [0.3, 0.4) is 0 Å². The van der Waals surface area contributed by atoms with E-state index in [9.17, 15) is 0 Å². The van der Waals surface area contributed by atoms with Gasteiger partial charge in [0.15, 0.2) is 5.82 Å². The number of pyridine rings is 1. The van der Waals surface area contributed by atoms with Crippen LogP contribution in [0.1, 0.15) is 11.1 Å². The molecule has 1 aromatic heterocycles. The van der Waals surface area contributed by atoms with E-state index in [1.807, 2.05) is 12.1 Å². The molecule has 0 amide bonds. The smallest absolute Gasteiger partial charge is 0.151 e. The van der Waals surface area contributed by atoms with Crippen LogP contribution in [0.4, 0.5) is 11.5 Å². The van der Waals surface area contributed by atoms with Gasteiger partial charge in [0, 0.05) is 25.0 Å². The number of benzene rings is 1. The number of hydrogen-bond acceptors (Lipinski definition) is 3. The zero-order chi connectivity index (χ0) is 12.5. The molecule has 1 aliphatic heterocycles. The van der Waals surface area contributed by atoms with Crippen LogP contribution in [0.25, 0.3) is 0 Å². The molecule has 92 valence electrons. The Labute approximate surface area is 111 Å². The Morgan fingerprint density at radius 1 is 1.33 bits per heavy atom. The summed E-state index contributed by atoms with van der Waals surface area (Å²) in [6, 6.07) is 10.3. The Morgan fingerprint density at radius 2 is 2.17 bits per heavy atom. The van der Waals surface area contributed by atoms with Crippen molar-refractivity contribution >= 4 is 23.1 Å². The molecule has 2 heterocycles. The molecule has 0 saturated carbocycles. The highest BCUT2D eigenvalue weighted by molar-refractivity contribution is 6.33. The summed E-state index contributed by atoms with van der Waals surface area (Å²) in [5.74, 6) is 0.818. The fourth-order valence-electron chi connectivity index (χ4n) is 2.34. The van der Waals surface area contributed by atoms with Crippen LogP contribution in [0.15, 0.2) is 36.5 Å². The third kappa shape index (κ3) is 1.85. The van der Waals surface area contributed by atoms with Gasteiger partial charge in [0.2, 0.25) is 0 Å². The molecular formula is C14H14ClN3. The van der Waals surface area contributed by atoms with E-state index in [1.165, 1.54) is 11.3 Å². The van der Waals surface area contributed by atoms with E-state index >= 15 is 0 Å². The van der Waals surface area contributed by atoms with Gasteiger partial charge in [0.05, 0.1) is 5.02 Å². The second kappa shape index (κ2) is 4.59. The van der Waals surface area contributed by atoms with Gasteiger partial charge in [-0.2, -0.15) is 0 Å². The average molecular weight is 260 g/mol. The van der Waals surface area contributed by atoms with E-state index in [0.29, 0.717) is 11.6 Å². The zero-order valence-electron chi connectivity index (χ0n) is 9.94. The number of rotatable bonds is 2. The summed E-state index contributed by atoms with van der Waals surface area (Å²) in [5, 5.41) is 0.662. The highest BCUT2D eigenvalue weighted by Crippen LogP contribution is 2.36. The molecule has 0 radical (unpaired) electrons. The Balaban J connectivity index is 2.02. The standard InChI is InChI=1S/C14H14ClN3/c15-12-7-10(8-16)9-17-14(12)18-6-5-11-3-1-2-4-13(11)18/h1-4,7,9H,5-6,8,16H2. The van der Waals surface area contributed by atoms with Gasteiger partial charge in [0.1, 0.15) is 0 Å². The van der Waals surface area contributed by atoms with Crippen LogP contribution in [-0.4, -0.2) is 11.5 Å². The monoisotopic (exact) mass is 259 g/mol. The number of anilines is 2. The van der Waals surface area contributed by atoms with Crippen molar-refractivity contribution in [3.8, 4) is 0 Å². The first kappa shape index (κ1) is 11.5. The lowest BCUT2D eigenvalue weighted by atomic mass is 10.2. The summed E-state index contributed by atoms with van der Waals surface area (Å²) < 4.78 is 0. The van der Waals surface area contributed by atoms with E-state index in [4.69, 9.17) is 17.3 Å². The summed E-state index contributed by atoms with van der Waals surface area (Å²) in [6.07, 6.45) is 2.83. The first-order valence-corrected chi connectivity index (χ1v) is 6.37. The molecule has 18 heavy (non-hydrogen) atoms. The minimum absolute atomic E-state index is 0.462. The number of aromatic nitrogens is 1. The van der Waals surface area contributed by atoms with Crippen molar-refractivity contribution in [1.29, 1.82) is 0 Å². The molecule has 4 heteroatoms. The van der Waals surface area contributed by atoms with Crippen LogP contribution >= 0.6 is 11.6 Å². The van der Waals surface area contributed by atoms with Crippen molar-refractivity contribution in [3.05, 3.63) is 52.7 Å². The number of para-hydroxylation sites is 1. The summed E-state index contributed by atoms with van der Waals surface area (Å²) in [4.78, 5) is 6.61. The molecular weight excluding hydrogens is 246 g/mol. The average Bonchev–Trinajstić information content (AvgIpc) is 2.82. The van der Waals surface area contributed by atoms with E-state index in [0.717, 1.165) is 24.3 Å². The fraction of sp³-hybridized carbons (Fsp3) is 0.214. The zero-order valence-corrected chi connectivity index (χ0v) is 10.7. The maximum absolute atomic E-state index is 6.29. The molecule has 0 spiro atoms. The molecule has 0 unspecified atom stereocenters. The van der Waals surface area contributed by atoms with Crippen LogP contribution < -0.4 is 10.6 Å². The maximum atomic E-state index is 6.29.